The Balaban J connectivity index is 2.20. The number of carbonyl (C=O) groups excluding carboxylic acids is 1. The van der Waals surface area contributed by atoms with Gasteiger partial charge < -0.3 is 15.7 Å². The summed E-state index contributed by atoms with van der Waals surface area (Å²) in [6.45, 7) is 3.62. The van der Waals surface area contributed by atoms with E-state index in [4.69, 9.17) is 10.8 Å². The molecule has 0 aromatic heterocycles. The molecule has 1 aliphatic rings. The molecular weight excluding hydrogens is 156 g/mol. The summed E-state index contributed by atoms with van der Waals surface area (Å²) in [6, 6.07) is -0.272. The van der Waals surface area contributed by atoms with E-state index in [1.807, 2.05) is 6.92 Å². The van der Waals surface area contributed by atoms with Crippen molar-refractivity contribution in [3.8, 4) is 0 Å². The van der Waals surface area contributed by atoms with Gasteiger partial charge in [-0.15, -0.1) is 0 Å². The van der Waals surface area contributed by atoms with Crippen molar-refractivity contribution in [3.05, 3.63) is 0 Å². The van der Waals surface area contributed by atoms with Gasteiger partial charge in [-0.1, -0.05) is 6.92 Å². The summed E-state index contributed by atoms with van der Waals surface area (Å²) < 4.78 is 0. The summed E-state index contributed by atoms with van der Waals surface area (Å²) in [5.74, 6) is 0.409. The van der Waals surface area contributed by atoms with E-state index in [0.29, 0.717) is 12.5 Å². The third-order valence-corrected chi connectivity index (χ3v) is 2.20. The molecule has 0 saturated carbocycles. The molecule has 0 radical (unpaired) electrons. The van der Waals surface area contributed by atoms with Gasteiger partial charge in [-0.2, -0.15) is 0 Å². The lowest BCUT2D eigenvalue weighted by Crippen LogP contribution is -2.61. The van der Waals surface area contributed by atoms with Crippen molar-refractivity contribution in [1.29, 1.82) is 0 Å². The normalized spacial score (nSPS) is 25.4. The topological polar surface area (TPSA) is 66.6 Å². The second kappa shape index (κ2) is 3.87. The van der Waals surface area contributed by atoms with Gasteiger partial charge in [0.25, 0.3) is 0 Å². The average Bonchev–Trinajstić information content (AvgIpc) is 2.04. The van der Waals surface area contributed by atoms with Gasteiger partial charge in [0, 0.05) is 19.7 Å². The summed E-state index contributed by atoms with van der Waals surface area (Å²) in [4.78, 5) is 12.8. The number of rotatable bonds is 4. The van der Waals surface area contributed by atoms with Gasteiger partial charge in [0.2, 0.25) is 5.91 Å². The second-order valence-corrected chi connectivity index (χ2v) is 3.47. The number of hydrogen-bond acceptors (Lipinski definition) is 3. The Hall–Kier alpha value is -0.610. The zero-order valence-electron chi connectivity index (χ0n) is 7.36. The van der Waals surface area contributed by atoms with E-state index in [-0.39, 0.29) is 18.6 Å². The average molecular weight is 172 g/mol. The molecule has 1 rings (SSSR count). The van der Waals surface area contributed by atoms with E-state index >= 15 is 0 Å². The van der Waals surface area contributed by atoms with Crippen LogP contribution in [0.1, 0.15) is 13.3 Å². The van der Waals surface area contributed by atoms with Crippen LogP contribution in [-0.2, 0) is 4.79 Å². The first kappa shape index (κ1) is 9.48. The molecule has 3 N–H and O–H groups in total. The fraction of sp³-hybridized carbons (Fsp3) is 0.875. The number of aliphatic hydroxyl groups excluding tert-OH is 1. The van der Waals surface area contributed by atoms with Gasteiger partial charge in [0.1, 0.15) is 6.04 Å². The number of nitrogens with two attached hydrogens (primary N) is 1. The first-order valence-corrected chi connectivity index (χ1v) is 4.30. The van der Waals surface area contributed by atoms with Gasteiger partial charge in [0.15, 0.2) is 0 Å². The van der Waals surface area contributed by atoms with Crippen molar-refractivity contribution in [3.63, 3.8) is 0 Å². The fourth-order valence-corrected chi connectivity index (χ4v) is 1.38. The van der Waals surface area contributed by atoms with Crippen molar-refractivity contribution in [1.82, 2.24) is 4.90 Å². The molecule has 4 heteroatoms. The highest BCUT2D eigenvalue weighted by atomic mass is 16.3. The minimum atomic E-state index is -0.272. The summed E-state index contributed by atoms with van der Waals surface area (Å²) in [5, 5.41) is 8.63. The fourth-order valence-electron chi connectivity index (χ4n) is 1.38. The Morgan fingerprint density at radius 3 is 2.92 bits per heavy atom. The quantitative estimate of drug-likeness (QED) is 0.544. The Labute approximate surface area is 72.3 Å². The Morgan fingerprint density at radius 2 is 2.50 bits per heavy atom. The van der Waals surface area contributed by atoms with Crippen LogP contribution in [0, 0.1) is 5.92 Å². The number of amides is 1. The predicted octanol–water partition coefficient (Wildman–Crippen LogP) is -0.826. The first-order valence-electron chi connectivity index (χ1n) is 4.30. The maximum Gasteiger partial charge on any atom is 0.241 e. The van der Waals surface area contributed by atoms with Crippen molar-refractivity contribution in [2.75, 3.05) is 19.7 Å². The van der Waals surface area contributed by atoms with Gasteiger partial charge in [-0.05, 0) is 12.3 Å². The maximum atomic E-state index is 11.0. The summed E-state index contributed by atoms with van der Waals surface area (Å²) >= 11 is 0. The van der Waals surface area contributed by atoms with Crippen molar-refractivity contribution in [2.45, 2.75) is 19.4 Å². The van der Waals surface area contributed by atoms with Crippen LogP contribution in [0.15, 0.2) is 0 Å². The number of β-lactam (4-membered cyclic amide) rings is 1. The van der Waals surface area contributed by atoms with Crippen LogP contribution in [0.25, 0.3) is 0 Å². The van der Waals surface area contributed by atoms with Crippen LogP contribution in [0.4, 0.5) is 0 Å². The van der Waals surface area contributed by atoms with Gasteiger partial charge >= 0.3 is 0 Å². The monoisotopic (exact) mass is 172 g/mol. The summed E-state index contributed by atoms with van der Waals surface area (Å²) in [7, 11) is 0. The molecule has 12 heavy (non-hydrogen) atoms. The van der Waals surface area contributed by atoms with Crippen LogP contribution in [0.3, 0.4) is 0 Å². The molecule has 2 atom stereocenters. The highest BCUT2D eigenvalue weighted by Gasteiger charge is 2.33. The molecule has 0 spiro atoms. The smallest absolute Gasteiger partial charge is 0.241 e. The van der Waals surface area contributed by atoms with Gasteiger partial charge in [-0.3, -0.25) is 4.79 Å². The SMILES string of the molecule is CC(CCO)CN1CC(N)C1=O. The molecular formula is C8H16N2O2. The number of carbonyl (C=O) groups is 1. The van der Waals surface area contributed by atoms with Gasteiger partial charge in [0.05, 0.1) is 0 Å². The second-order valence-electron chi connectivity index (χ2n) is 3.47. The molecule has 0 aromatic carbocycles. The van der Waals surface area contributed by atoms with Crippen molar-refractivity contribution < 1.29 is 9.90 Å². The zero-order valence-corrected chi connectivity index (χ0v) is 7.36. The van der Waals surface area contributed by atoms with Crippen molar-refractivity contribution in [2.24, 2.45) is 11.7 Å². The van der Waals surface area contributed by atoms with E-state index in [9.17, 15) is 4.79 Å². The molecule has 4 nitrogen and oxygen atoms in total. The highest BCUT2D eigenvalue weighted by Crippen LogP contribution is 2.12. The molecule has 0 bridgehead atoms. The molecule has 1 fully saturated rings. The largest absolute Gasteiger partial charge is 0.396 e. The molecule has 1 amide bonds. The lowest BCUT2D eigenvalue weighted by atomic mass is 10.0. The van der Waals surface area contributed by atoms with Gasteiger partial charge in [-0.25, -0.2) is 0 Å². The van der Waals surface area contributed by atoms with E-state index in [1.54, 1.807) is 4.90 Å². The molecule has 1 heterocycles. The number of likely N-dealkylation sites (tertiary alicyclic amines) is 1. The molecule has 0 aliphatic carbocycles. The Bertz CT molecular complexity index is 172. The summed E-state index contributed by atoms with van der Waals surface area (Å²) in [5.41, 5.74) is 5.42. The van der Waals surface area contributed by atoms with E-state index in [1.165, 1.54) is 0 Å². The third kappa shape index (κ3) is 1.95. The lowest BCUT2D eigenvalue weighted by molar-refractivity contribution is -0.143. The Morgan fingerprint density at radius 1 is 1.83 bits per heavy atom. The summed E-state index contributed by atoms with van der Waals surface area (Å²) in [6.07, 6.45) is 0.749. The molecule has 1 aliphatic heterocycles. The van der Waals surface area contributed by atoms with Crippen molar-refractivity contribution >= 4 is 5.91 Å². The number of aliphatic hydroxyl groups is 1. The van der Waals surface area contributed by atoms with Crippen LogP contribution in [0.5, 0.6) is 0 Å². The zero-order chi connectivity index (χ0) is 9.14. The minimum absolute atomic E-state index is 0.0415. The van der Waals surface area contributed by atoms with E-state index in [0.717, 1.165) is 13.0 Å². The first-order chi connectivity index (χ1) is 5.65. The number of hydrogen-bond donors (Lipinski definition) is 2. The lowest BCUT2D eigenvalue weighted by Gasteiger charge is -2.37. The number of nitrogens with zero attached hydrogens (tertiary/aromatic N) is 1. The maximum absolute atomic E-state index is 11.0. The standard InChI is InChI=1S/C8H16N2O2/c1-6(2-3-11)4-10-5-7(9)8(10)12/h6-7,11H,2-5,9H2,1H3. The Kier molecular flexibility index (Phi) is 3.05. The van der Waals surface area contributed by atoms with E-state index in [2.05, 4.69) is 0 Å². The third-order valence-electron chi connectivity index (χ3n) is 2.20. The molecule has 70 valence electrons. The van der Waals surface area contributed by atoms with Crippen LogP contribution >= 0.6 is 0 Å². The van der Waals surface area contributed by atoms with Crippen LogP contribution < -0.4 is 5.73 Å². The molecule has 0 aromatic rings. The predicted molar refractivity (Wildman–Crippen MR) is 45.4 cm³/mol. The van der Waals surface area contributed by atoms with Crippen LogP contribution in [0.2, 0.25) is 0 Å². The molecule has 2 unspecified atom stereocenters. The van der Waals surface area contributed by atoms with E-state index < -0.39 is 0 Å². The minimum Gasteiger partial charge on any atom is -0.396 e. The molecule has 1 saturated heterocycles. The van der Waals surface area contributed by atoms with Crippen LogP contribution in [-0.4, -0.2) is 41.7 Å². The highest BCUT2D eigenvalue weighted by molar-refractivity contribution is 5.87.